The van der Waals surface area contributed by atoms with Crippen LogP contribution < -0.4 is 0 Å². The summed E-state index contributed by atoms with van der Waals surface area (Å²) in [6.07, 6.45) is 0. The molecular weight excluding hydrogens is 226 g/mol. The van der Waals surface area contributed by atoms with Crippen LogP contribution >= 0.6 is 0 Å². The second kappa shape index (κ2) is 7.65. The first-order valence-electron chi connectivity index (χ1n) is 5.40. The third kappa shape index (κ3) is 4.96. The van der Waals surface area contributed by atoms with Gasteiger partial charge >= 0.3 is 0 Å². The fraction of sp³-hybridized carbons (Fsp3) is 0.0714. The molecule has 0 unspecified atom stereocenters. The lowest BCUT2D eigenvalue weighted by molar-refractivity contribution is -0.115. The summed E-state index contributed by atoms with van der Waals surface area (Å²) in [6, 6.07) is 20.8. The van der Waals surface area contributed by atoms with E-state index in [0.29, 0.717) is 0 Å². The Kier molecular flexibility index (Phi) is 5.73. The normalized spacial score (nSPS) is 8.50. The van der Waals surface area contributed by atoms with E-state index in [1.54, 1.807) is 0 Å². The van der Waals surface area contributed by atoms with Crippen LogP contribution in [0.25, 0.3) is 21.6 Å². The number of amides is 1. The third-order valence-corrected chi connectivity index (χ3v) is 2.07. The molecule has 0 aliphatic carbocycles. The standard InChI is InChI=1S/C12H10.C2H3N3O/c1-3-7-11(8-4-1)12-9-5-2-6-10-12;1-2(6)4-5-3/h1-10H;1H3. The van der Waals surface area contributed by atoms with Crippen molar-refractivity contribution in [2.45, 2.75) is 6.92 Å². The predicted molar refractivity (Wildman–Crippen MR) is 71.7 cm³/mol. The summed E-state index contributed by atoms with van der Waals surface area (Å²) < 4.78 is 0. The van der Waals surface area contributed by atoms with Gasteiger partial charge in [0.1, 0.15) is 0 Å². The van der Waals surface area contributed by atoms with Gasteiger partial charge in [0.15, 0.2) is 0 Å². The van der Waals surface area contributed by atoms with E-state index in [2.05, 4.69) is 58.6 Å². The predicted octanol–water partition coefficient (Wildman–Crippen LogP) is 4.20. The average molecular weight is 239 g/mol. The minimum absolute atomic E-state index is 0.502. The van der Waals surface area contributed by atoms with Crippen LogP contribution in [0.2, 0.25) is 0 Å². The van der Waals surface area contributed by atoms with E-state index in [0.717, 1.165) is 0 Å². The summed E-state index contributed by atoms with van der Waals surface area (Å²) in [7, 11) is 0. The van der Waals surface area contributed by atoms with Crippen molar-refractivity contribution in [2.75, 3.05) is 0 Å². The van der Waals surface area contributed by atoms with Crippen LogP contribution in [0.5, 0.6) is 0 Å². The highest BCUT2D eigenvalue weighted by Gasteiger charge is 1.91. The molecule has 0 aliphatic rings. The molecule has 0 bridgehead atoms. The number of hydrogen-bond acceptors (Lipinski definition) is 1. The van der Waals surface area contributed by atoms with Crippen LogP contribution in [-0.2, 0) is 4.79 Å². The van der Waals surface area contributed by atoms with Gasteiger partial charge in [0.05, 0.1) is 0 Å². The van der Waals surface area contributed by atoms with Gasteiger partial charge in [-0.05, 0) is 21.8 Å². The molecule has 2 aromatic carbocycles. The number of benzene rings is 2. The van der Waals surface area contributed by atoms with Crippen LogP contribution in [0.3, 0.4) is 0 Å². The molecule has 0 heterocycles. The number of hydrogen-bond donors (Lipinski definition) is 0. The molecule has 2 rings (SSSR count). The van der Waals surface area contributed by atoms with E-state index in [9.17, 15) is 4.79 Å². The number of carbonyl (C=O) groups excluding carboxylic acids is 1. The minimum Gasteiger partial charge on any atom is -0.293 e. The Hall–Kier alpha value is -2.58. The van der Waals surface area contributed by atoms with Gasteiger partial charge in [0.25, 0.3) is 0 Å². The highest BCUT2D eigenvalue weighted by atomic mass is 16.1. The van der Waals surface area contributed by atoms with Crippen molar-refractivity contribution >= 4 is 5.91 Å². The zero-order valence-corrected chi connectivity index (χ0v) is 10.0. The molecule has 2 aromatic rings. The molecule has 4 nitrogen and oxygen atoms in total. The molecule has 0 atom stereocenters. The van der Waals surface area contributed by atoms with Crippen LogP contribution in [0.15, 0.2) is 65.8 Å². The van der Waals surface area contributed by atoms with Crippen LogP contribution in [-0.4, -0.2) is 5.91 Å². The molecule has 0 saturated carbocycles. The maximum atomic E-state index is 9.62. The van der Waals surface area contributed by atoms with Crippen molar-refractivity contribution in [3.05, 3.63) is 71.1 Å². The van der Waals surface area contributed by atoms with Crippen molar-refractivity contribution in [3.8, 4) is 11.1 Å². The van der Waals surface area contributed by atoms with Gasteiger partial charge in [0.2, 0.25) is 5.91 Å². The van der Waals surface area contributed by atoms with Gasteiger partial charge < -0.3 is 0 Å². The van der Waals surface area contributed by atoms with Crippen molar-refractivity contribution in [1.29, 1.82) is 0 Å². The second-order valence-corrected chi connectivity index (χ2v) is 3.44. The van der Waals surface area contributed by atoms with Crippen LogP contribution in [0.4, 0.5) is 0 Å². The van der Waals surface area contributed by atoms with Crippen molar-refractivity contribution in [1.82, 2.24) is 0 Å². The Balaban J connectivity index is 0.000000232. The van der Waals surface area contributed by atoms with Crippen molar-refractivity contribution < 1.29 is 4.79 Å². The first-order chi connectivity index (χ1) is 8.74. The molecular formula is C14H13N3O. The lowest BCUT2D eigenvalue weighted by Gasteiger charge is -1.98. The first-order valence-corrected chi connectivity index (χ1v) is 5.40. The molecule has 18 heavy (non-hydrogen) atoms. The van der Waals surface area contributed by atoms with Crippen LogP contribution in [0, 0.1) is 0 Å². The van der Waals surface area contributed by atoms with Gasteiger partial charge in [0, 0.05) is 11.8 Å². The molecule has 0 fully saturated rings. The summed E-state index contributed by atoms with van der Waals surface area (Å²) in [5.74, 6) is -0.502. The molecule has 0 aliphatic heterocycles. The Labute approximate surface area is 106 Å². The van der Waals surface area contributed by atoms with Gasteiger partial charge in [-0.25, -0.2) is 0 Å². The van der Waals surface area contributed by atoms with E-state index < -0.39 is 5.91 Å². The number of rotatable bonds is 1. The number of azide groups is 1. The molecule has 4 heteroatoms. The Morgan fingerprint density at radius 3 is 1.56 bits per heavy atom. The summed E-state index contributed by atoms with van der Waals surface area (Å²) in [6.45, 7) is 1.19. The minimum atomic E-state index is -0.502. The zero-order chi connectivity index (χ0) is 13.2. The fourth-order valence-corrected chi connectivity index (χ4v) is 1.32. The summed E-state index contributed by atoms with van der Waals surface area (Å²) in [5.41, 5.74) is 10.0. The smallest absolute Gasteiger partial charge is 0.215 e. The monoisotopic (exact) mass is 239 g/mol. The van der Waals surface area contributed by atoms with Crippen molar-refractivity contribution in [3.63, 3.8) is 0 Å². The number of nitrogens with zero attached hydrogens (tertiary/aromatic N) is 3. The Bertz CT molecular complexity index is 494. The van der Waals surface area contributed by atoms with Crippen LogP contribution in [0.1, 0.15) is 6.92 Å². The molecule has 1 amide bonds. The Morgan fingerprint density at radius 2 is 1.33 bits per heavy atom. The largest absolute Gasteiger partial charge is 0.293 e. The zero-order valence-electron chi connectivity index (χ0n) is 10.0. The maximum Gasteiger partial charge on any atom is 0.215 e. The lowest BCUT2D eigenvalue weighted by Crippen LogP contribution is -1.74. The van der Waals surface area contributed by atoms with Gasteiger partial charge in [-0.2, -0.15) is 0 Å². The van der Waals surface area contributed by atoms with E-state index in [1.165, 1.54) is 18.1 Å². The summed E-state index contributed by atoms with van der Waals surface area (Å²) in [5, 5.41) is 2.67. The SMILES string of the molecule is CC(=O)N=[N+]=[N-].c1ccc(-c2ccccc2)cc1. The topological polar surface area (TPSA) is 65.8 Å². The fourth-order valence-electron chi connectivity index (χ4n) is 1.32. The van der Waals surface area contributed by atoms with Gasteiger partial charge in [-0.15, -0.1) is 0 Å². The average Bonchev–Trinajstić information content (AvgIpc) is 2.41. The molecule has 0 radical (unpaired) electrons. The summed E-state index contributed by atoms with van der Waals surface area (Å²) in [4.78, 5) is 11.8. The molecule has 0 saturated heterocycles. The van der Waals surface area contributed by atoms with E-state index in [4.69, 9.17) is 5.53 Å². The molecule has 90 valence electrons. The number of carbonyl (C=O) groups is 1. The first kappa shape index (κ1) is 13.5. The lowest BCUT2D eigenvalue weighted by atomic mass is 10.1. The Morgan fingerprint density at radius 1 is 0.944 bits per heavy atom. The van der Waals surface area contributed by atoms with Crippen molar-refractivity contribution in [2.24, 2.45) is 5.11 Å². The molecule has 0 spiro atoms. The maximum absolute atomic E-state index is 9.62. The highest BCUT2D eigenvalue weighted by molar-refractivity contribution is 5.73. The highest BCUT2D eigenvalue weighted by Crippen LogP contribution is 2.17. The quantitative estimate of drug-likeness (QED) is 0.418. The van der Waals surface area contributed by atoms with Gasteiger partial charge in [-0.3, -0.25) is 4.79 Å². The van der Waals surface area contributed by atoms with Gasteiger partial charge in [-0.1, -0.05) is 60.7 Å². The van der Waals surface area contributed by atoms with E-state index in [-0.39, 0.29) is 0 Å². The molecule has 0 aromatic heterocycles. The second-order valence-electron chi connectivity index (χ2n) is 3.44. The van der Waals surface area contributed by atoms with E-state index in [1.807, 2.05) is 12.1 Å². The van der Waals surface area contributed by atoms with E-state index >= 15 is 0 Å². The third-order valence-electron chi connectivity index (χ3n) is 2.07. The summed E-state index contributed by atoms with van der Waals surface area (Å²) >= 11 is 0. The molecule has 0 N–H and O–H groups in total.